The van der Waals surface area contributed by atoms with Crippen molar-refractivity contribution >= 4 is 157 Å². The SMILES string of the molecule is CN(CCC(=O)O)C12C3=C4c5c6c7c8c9c%10c%11c%12c%13c%14c%15c%16c%17c%18c(c5c8c(c%15%18)c%139)C4(NCCC(=O)O)C4C=%17C5(NCCC(=O)O)C(=C8c9c1c1c%13c%15c%17c%18c%19c%20c%21c(c8c%19c9%15)C5C=%16C%21(NCCC(=O)O)C%14C%12(NCCC(=O)O)C%20C%18(NCCC(=O)O)C%11C5(NCCC(=O)O)C%17C%13=C(C6(NCCC(=O)O)C31)C7(NCCC(=O)O)C%105)C42. The zero-order valence-corrected chi connectivity index (χ0v) is 61.1. The van der Waals surface area contributed by atoms with Crippen LogP contribution in [0.1, 0.15) is 199 Å². The second kappa shape index (κ2) is 17.0. The molecule has 0 bridgehead atoms. The highest BCUT2D eigenvalue weighted by Crippen LogP contribution is 2.98. The maximum Gasteiger partial charge on any atom is 0.304 e. The van der Waals surface area contributed by atoms with Crippen LogP contribution >= 0.6 is 0 Å². The number of carboxylic acid groups (broad SMARTS) is 9. The first kappa shape index (κ1) is 61.8. The average molecular weight is 1540 g/mol. The molecule has 18 unspecified atom stereocenters. The minimum atomic E-state index is -1.54. The predicted molar refractivity (Wildman–Crippen MR) is 405 cm³/mol. The number of likely N-dealkylation sites (N-methyl/N-ethyl adjacent to an activating group) is 1. The van der Waals surface area contributed by atoms with Crippen molar-refractivity contribution in [3.05, 3.63) is 127 Å². The van der Waals surface area contributed by atoms with Gasteiger partial charge < -0.3 is 88.5 Å². The van der Waals surface area contributed by atoms with Crippen molar-refractivity contribution in [1.29, 1.82) is 0 Å². The van der Waals surface area contributed by atoms with Gasteiger partial charge in [0.2, 0.25) is 0 Å². The maximum absolute atomic E-state index is 14.0. The first-order valence-electron chi connectivity index (χ1n) is 40.9. The number of carboxylic acids is 9. The van der Waals surface area contributed by atoms with Gasteiger partial charge in [-0.15, -0.1) is 0 Å². The van der Waals surface area contributed by atoms with Crippen molar-refractivity contribution in [2.24, 2.45) is 11.8 Å². The summed E-state index contributed by atoms with van der Waals surface area (Å²) >= 11 is 0. The molecule has 0 aromatic heterocycles. The molecule has 0 heterocycles. The molecular formula is C88H65N9O18. The molecule has 570 valence electrons. The second-order valence-electron chi connectivity index (χ2n) is 37.8. The third kappa shape index (κ3) is 4.81. The van der Waals surface area contributed by atoms with E-state index in [1.165, 1.54) is 0 Å². The van der Waals surface area contributed by atoms with Gasteiger partial charge in [-0.25, -0.2) is 0 Å². The molecule has 115 heavy (non-hydrogen) atoms. The monoisotopic (exact) mass is 1540 g/mol. The number of hydrogen-bond donors (Lipinski definition) is 17. The van der Waals surface area contributed by atoms with Crippen LogP contribution in [0.4, 0.5) is 0 Å². The molecule has 0 saturated heterocycles. The first-order valence-corrected chi connectivity index (χ1v) is 40.9. The van der Waals surface area contributed by atoms with Crippen LogP contribution in [0.5, 0.6) is 0 Å². The van der Waals surface area contributed by atoms with E-state index in [-0.39, 0.29) is 117 Å². The standard InChI is InChI=1S/C88H65N9O18/c1-97(19-10-28(114)115)88-63-42-32-33-38-44(42)67-74(88)72-66-48-41-30-29-31-36-40-35(29)46-54-69-65(40)87(96-18-9-27(112)113)76-50(36)57-60-45(31)49-37(30)43(48)64-68(81(66,67)90-12-3-21(100)101)52(38)61-56-47(33)59-51-34(32)39-53(63)71(73(88)70(54)80(72,58(41)46)89-11-2-20(98)99)83(69,92-14-5-23(104)105)77(87)55(39)62(51)86(76,95-17-8-26(110)111)79(57)84(59,93-15-6-24(106)107)78(56)85(60,94-16-7-25(108)109)75(49)82(61,64)91-13-4-22(102)103/h62,68,71-72,74-76,78-79,89-96H,2-19H2,1H3,(H,98,99)(H,100,101)(H,102,103)(H,104,105)(H,106,107)(H,108,109)(H,110,111)(H,112,113)(H,114,115). The van der Waals surface area contributed by atoms with E-state index in [2.05, 4.69) is 54.5 Å². The van der Waals surface area contributed by atoms with Crippen molar-refractivity contribution in [1.82, 2.24) is 47.4 Å². The molecule has 27 heteroatoms. The van der Waals surface area contributed by atoms with Gasteiger partial charge >= 0.3 is 53.7 Å². The Morgan fingerprint density at radius 3 is 1.47 bits per heavy atom. The van der Waals surface area contributed by atoms with E-state index in [9.17, 15) is 89.1 Å². The molecule has 17 N–H and O–H groups in total. The molecule has 0 aliphatic heterocycles. The van der Waals surface area contributed by atoms with Crippen LogP contribution in [0.3, 0.4) is 0 Å². The third-order valence-corrected chi connectivity index (χ3v) is 35.5. The lowest BCUT2D eigenvalue weighted by atomic mass is 9.40. The van der Waals surface area contributed by atoms with E-state index >= 15 is 0 Å². The molecule has 32 rings (SSSR count). The van der Waals surface area contributed by atoms with Crippen LogP contribution in [0, 0.1) is 11.8 Å². The Hall–Kier alpha value is -10.6. The number of nitrogens with one attached hydrogen (secondary N) is 8. The highest BCUT2D eigenvalue weighted by Gasteiger charge is 2.94. The number of hydrogen-bond acceptors (Lipinski definition) is 18. The summed E-state index contributed by atoms with van der Waals surface area (Å²) in [5.41, 5.74) is 12.8. The summed E-state index contributed by atoms with van der Waals surface area (Å²) in [6, 6.07) is 0. The summed E-state index contributed by atoms with van der Waals surface area (Å²) in [6.45, 7) is -0.479. The second-order valence-corrected chi connectivity index (χ2v) is 37.8. The summed E-state index contributed by atoms with van der Waals surface area (Å²) in [5, 5.41) is 153. The van der Waals surface area contributed by atoms with Gasteiger partial charge in [-0.05, 0) is 238 Å². The quantitative estimate of drug-likeness (QED) is 0.0250. The fraction of sp³-hybridized carbons (Fsp3) is 0.420. The van der Waals surface area contributed by atoms with Gasteiger partial charge in [0.15, 0.2) is 0 Å². The molecule has 1 saturated carbocycles. The molecule has 9 aromatic carbocycles. The molecule has 1 fully saturated rings. The number of rotatable bonds is 36. The molecular weight excluding hydrogens is 1470 g/mol. The zero-order valence-electron chi connectivity index (χ0n) is 61.1. The Labute approximate surface area is 644 Å². The van der Waals surface area contributed by atoms with Crippen LogP contribution < -0.4 is 53.0 Å². The highest BCUT2D eigenvalue weighted by molar-refractivity contribution is 6.51. The number of carbonyl (C=O) groups is 9. The lowest BCUT2D eigenvalue weighted by Gasteiger charge is -2.69. The van der Waals surface area contributed by atoms with Crippen molar-refractivity contribution < 1.29 is 89.1 Å². The lowest BCUT2D eigenvalue weighted by Crippen LogP contribution is -2.77. The van der Waals surface area contributed by atoms with Crippen LogP contribution in [0.15, 0.2) is 16.7 Å². The molecule has 0 amide bonds. The summed E-state index contributed by atoms with van der Waals surface area (Å²) in [7, 11) is 2.08. The van der Waals surface area contributed by atoms with Crippen LogP contribution in [-0.4, -0.2) is 182 Å². The Bertz CT molecular complexity index is 7380. The third-order valence-electron chi connectivity index (χ3n) is 35.5. The molecule has 23 aliphatic rings. The fourth-order valence-corrected chi connectivity index (χ4v) is 35.5. The summed E-state index contributed by atoms with van der Waals surface area (Å²) in [6.07, 6.45) is -2.92. The van der Waals surface area contributed by atoms with E-state index in [0.717, 1.165) is 231 Å². The Kier molecular flexibility index (Phi) is 9.15. The molecule has 0 spiro atoms. The van der Waals surface area contributed by atoms with Gasteiger partial charge in [-0.2, -0.15) is 0 Å². The normalized spacial score (nSPS) is 36.0. The molecule has 0 radical (unpaired) electrons. The largest absolute Gasteiger partial charge is 0.481 e. The van der Waals surface area contributed by atoms with Crippen molar-refractivity contribution in [2.45, 2.75) is 149 Å². The van der Waals surface area contributed by atoms with Gasteiger partial charge in [-0.3, -0.25) is 48.1 Å². The van der Waals surface area contributed by atoms with Gasteiger partial charge in [0, 0.05) is 118 Å². The van der Waals surface area contributed by atoms with Crippen molar-refractivity contribution in [3.8, 4) is 0 Å². The Balaban J connectivity index is 0.951. The van der Waals surface area contributed by atoms with Crippen LogP contribution in [0.2, 0.25) is 0 Å². The minimum absolute atomic E-state index is 0.0178. The van der Waals surface area contributed by atoms with E-state index in [1.54, 1.807) is 0 Å². The molecule has 9 aromatic rings. The van der Waals surface area contributed by atoms with Gasteiger partial charge in [0.1, 0.15) is 0 Å². The van der Waals surface area contributed by atoms with E-state index in [1.807, 2.05) is 0 Å². The molecule has 23 aliphatic carbocycles. The summed E-state index contributed by atoms with van der Waals surface area (Å²) in [5.74, 6) is -16.2. The van der Waals surface area contributed by atoms with Gasteiger partial charge in [0.05, 0.1) is 102 Å². The number of benzene rings is 7. The molecule has 27 nitrogen and oxygen atoms in total. The number of aliphatic carboxylic acids is 9. The summed E-state index contributed by atoms with van der Waals surface area (Å²) < 4.78 is 0. The first-order chi connectivity index (χ1) is 55.5. The predicted octanol–water partition coefficient (Wildman–Crippen LogP) is 3.57. The summed E-state index contributed by atoms with van der Waals surface area (Å²) in [4.78, 5) is 128. The Morgan fingerprint density at radius 2 is 0.826 bits per heavy atom. The average Bonchev–Trinajstić information content (AvgIpc) is 1.36. The van der Waals surface area contributed by atoms with Gasteiger partial charge in [-0.1, -0.05) is 0 Å². The topological polar surface area (TPSA) is 435 Å². The lowest BCUT2D eigenvalue weighted by molar-refractivity contribution is -0.138. The van der Waals surface area contributed by atoms with Gasteiger partial charge in [0.25, 0.3) is 0 Å². The van der Waals surface area contributed by atoms with Crippen LogP contribution in [-0.2, 0) is 81.9 Å². The maximum atomic E-state index is 14.0. The minimum Gasteiger partial charge on any atom is -0.481 e. The highest BCUT2D eigenvalue weighted by atomic mass is 16.4. The van der Waals surface area contributed by atoms with Crippen molar-refractivity contribution in [2.75, 3.05) is 66.0 Å². The van der Waals surface area contributed by atoms with E-state index in [4.69, 9.17) is 0 Å². The van der Waals surface area contributed by atoms with Crippen LogP contribution in [0.25, 0.3) is 103 Å². The van der Waals surface area contributed by atoms with E-state index in [0.29, 0.717) is 0 Å². The fourth-order valence-electron chi connectivity index (χ4n) is 35.5. The molecule has 18 atom stereocenters. The Morgan fingerprint density at radius 1 is 0.313 bits per heavy atom. The zero-order chi connectivity index (χ0) is 77.1. The smallest absolute Gasteiger partial charge is 0.304 e. The number of nitrogens with zero attached hydrogens (tertiary/aromatic N) is 1. The van der Waals surface area contributed by atoms with Crippen molar-refractivity contribution in [3.63, 3.8) is 0 Å². The van der Waals surface area contributed by atoms with E-state index < -0.39 is 157 Å².